The van der Waals surface area contributed by atoms with Crippen LogP contribution >= 0.6 is 12.6 Å². The zero-order chi connectivity index (χ0) is 12.9. The molecule has 1 rings (SSSR count). The number of thiol groups is 1. The molecule has 17 heavy (non-hydrogen) atoms. The molecular formula is C14H21NOS. The number of nitrogens with one attached hydrogen (secondary N) is 1. The number of carbonyl (C=O) groups excluding carboxylic acids is 1. The van der Waals surface area contributed by atoms with Crippen LogP contribution in [0.15, 0.2) is 29.2 Å². The molecule has 0 aromatic heterocycles. The summed E-state index contributed by atoms with van der Waals surface area (Å²) < 4.78 is 0. The summed E-state index contributed by atoms with van der Waals surface area (Å²) in [7, 11) is 0. The third-order valence-electron chi connectivity index (χ3n) is 3.52. The third-order valence-corrected chi connectivity index (χ3v) is 3.80. The smallest absolute Gasteiger partial charge is 0.251 e. The van der Waals surface area contributed by atoms with E-state index in [2.05, 4.69) is 38.7 Å². The standard InChI is InChI=1S/C14H21NOS/c1-4-14(5-2,6-3)15-13(16)11-8-7-9-12(17)10-11/h7-10,17H,4-6H2,1-3H3,(H,15,16). The van der Waals surface area contributed by atoms with Crippen LogP contribution in [0.2, 0.25) is 0 Å². The second kappa shape index (κ2) is 6.10. The highest BCUT2D eigenvalue weighted by Crippen LogP contribution is 2.20. The Bertz CT molecular complexity index is 377. The predicted octanol–water partition coefficient (Wildman–Crippen LogP) is 3.67. The lowest BCUT2D eigenvalue weighted by Gasteiger charge is -2.31. The Balaban J connectivity index is 2.84. The number of hydrogen-bond donors (Lipinski definition) is 2. The molecule has 0 bridgehead atoms. The van der Waals surface area contributed by atoms with Gasteiger partial charge in [-0.1, -0.05) is 26.8 Å². The fraction of sp³-hybridized carbons (Fsp3) is 0.500. The van der Waals surface area contributed by atoms with E-state index in [4.69, 9.17) is 0 Å². The molecule has 3 heteroatoms. The number of carbonyl (C=O) groups is 1. The van der Waals surface area contributed by atoms with Crippen LogP contribution in [0, 0.1) is 0 Å². The van der Waals surface area contributed by atoms with Crippen LogP contribution in [0.3, 0.4) is 0 Å². The maximum Gasteiger partial charge on any atom is 0.251 e. The summed E-state index contributed by atoms with van der Waals surface area (Å²) in [6.45, 7) is 6.34. The first kappa shape index (κ1) is 14.1. The van der Waals surface area contributed by atoms with Crippen molar-refractivity contribution >= 4 is 18.5 Å². The van der Waals surface area contributed by atoms with Gasteiger partial charge in [0, 0.05) is 16.0 Å². The average Bonchev–Trinajstić information content (AvgIpc) is 2.36. The first-order valence-corrected chi connectivity index (χ1v) is 6.63. The van der Waals surface area contributed by atoms with Crippen LogP contribution in [-0.2, 0) is 0 Å². The molecule has 0 aliphatic rings. The molecule has 0 atom stereocenters. The van der Waals surface area contributed by atoms with Crippen LogP contribution < -0.4 is 5.32 Å². The lowest BCUT2D eigenvalue weighted by molar-refractivity contribution is 0.0888. The Hall–Kier alpha value is -0.960. The summed E-state index contributed by atoms with van der Waals surface area (Å²) in [4.78, 5) is 13.0. The van der Waals surface area contributed by atoms with Crippen molar-refractivity contribution in [3.8, 4) is 0 Å². The number of amides is 1. The van der Waals surface area contributed by atoms with E-state index in [9.17, 15) is 4.79 Å². The Morgan fingerprint density at radius 1 is 1.24 bits per heavy atom. The van der Waals surface area contributed by atoms with Gasteiger partial charge in [-0.05, 0) is 37.5 Å². The van der Waals surface area contributed by atoms with Gasteiger partial charge in [-0.25, -0.2) is 0 Å². The van der Waals surface area contributed by atoms with E-state index in [1.807, 2.05) is 18.2 Å². The fourth-order valence-corrected chi connectivity index (χ4v) is 2.20. The second-order valence-corrected chi connectivity index (χ2v) is 4.86. The van der Waals surface area contributed by atoms with Crippen LogP contribution in [0.5, 0.6) is 0 Å². The van der Waals surface area contributed by atoms with Crippen LogP contribution in [0.1, 0.15) is 50.4 Å². The Labute approximate surface area is 109 Å². The molecule has 94 valence electrons. The number of rotatable bonds is 5. The van der Waals surface area contributed by atoms with E-state index in [1.165, 1.54) is 0 Å². The second-order valence-electron chi connectivity index (χ2n) is 4.35. The topological polar surface area (TPSA) is 29.1 Å². The van der Waals surface area contributed by atoms with Crippen molar-refractivity contribution in [2.75, 3.05) is 0 Å². The van der Waals surface area contributed by atoms with Crippen LogP contribution in [-0.4, -0.2) is 11.4 Å². The predicted molar refractivity (Wildman–Crippen MR) is 74.8 cm³/mol. The van der Waals surface area contributed by atoms with Crippen molar-refractivity contribution in [2.45, 2.75) is 50.5 Å². The molecule has 0 aliphatic heterocycles. The summed E-state index contributed by atoms with van der Waals surface area (Å²) in [6, 6.07) is 7.33. The summed E-state index contributed by atoms with van der Waals surface area (Å²) in [6.07, 6.45) is 2.85. The van der Waals surface area contributed by atoms with Crippen LogP contribution in [0.4, 0.5) is 0 Å². The highest BCUT2D eigenvalue weighted by molar-refractivity contribution is 7.80. The van der Waals surface area contributed by atoms with Crippen molar-refractivity contribution in [3.05, 3.63) is 29.8 Å². The van der Waals surface area contributed by atoms with E-state index in [-0.39, 0.29) is 11.4 Å². The van der Waals surface area contributed by atoms with Crippen molar-refractivity contribution < 1.29 is 4.79 Å². The van der Waals surface area contributed by atoms with Gasteiger partial charge < -0.3 is 5.32 Å². The first-order chi connectivity index (χ1) is 8.06. The maximum atomic E-state index is 12.1. The molecular weight excluding hydrogens is 230 g/mol. The molecule has 1 aromatic carbocycles. The molecule has 0 saturated heterocycles. The lowest BCUT2D eigenvalue weighted by Crippen LogP contribution is -2.47. The SMILES string of the molecule is CCC(CC)(CC)NC(=O)c1cccc(S)c1. The van der Waals surface area contributed by atoms with Crippen molar-refractivity contribution in [3.63, 3.8) is 0 Å². The van der Waals surface area contributed by atoms with Crippen molar-refractivity contribution in [2.24, 2.45) is 0 Å². The summed E-state index contributed by atoms with van der Waals surface area (Å²) in [5.74, 6) is -0.00792. The summed E-state index contributed by atoms with van der Waals surface area (Å²) in [5, 5.41) is 3.15. The monoisotopic (exact) mass is 251 g/mol. The lowest BCUT2D eigenvalue weighted by atomic mass is 9.89. The molecule has 0 spiro atoms. The van der Waals surface area contributed by atoms with E-state index in [0.29, 0.717) is 5.56 Å². The summed E-state index contributed by atoms with van der Waals surface area (Å²) in [5.41, 5.74) is 0.598. The van der Waals surface area contributed by atoms with Gasteiger partial charge in [-0.3, -0.25) is 4.79 Å². The van der Waals surface area contributed by atoms with E-state index in [1.54, 1.807) is 6.07 Å². The Morgan fingerprint density at radius 2 is 1.82 bits per heavy atom. The average molecular weight is 251 g/mol. The minimum absolute atomic E-state index is 0.00792. The molecule has 2 nitrogen and oxygen atoms in total. The first-order valence-electron chi connectivity index (χ1n) is 6.18. The van der Waals surface area contributed by atoms with Gasteiger partial charge >= 0.3 is 0 Å². The molecule has 0 fully saturated rings. The van der Waals surface area contributed by atoms with Gasteiger partial charge in [0.15, 0.2) is 0 Å². The van der Waals surface area contributed by atoms with Crippen molar-refractivity contribution in [1.82, 2.24) is 5.32 Å². The van der Waals surface area contributed by atoms with Gasteiger partial charge in [0.05, 0.1) is 0 Å². The molecule has 0 radical (unpaired) electrons. The molecule has 0 heterocycles. The van der Waals surface area contributed by atoms with Gasteiger partial charge in [0.2, 0.25) is 0 Å². The van der Waals surface area contributed by atoms with Crippen LogP contribution in [0.25, 0.3) is 0 Å². The molecule has 1 N–H and O–H groups in total. The largest absolute Gasteiger partial charge is 0.347 e. The fourth-order valence-electron chi connectivity index (χ4n) is 1.98. The van der Waals surface area contributed by atoms with E-state index >= 15 is 0 Å². The maximum absolute atomic E-state index is 12.1. The molecule has 0 unspecified atom stereocenters. The molecule has 0 saturated carbocycles. The molecule has 1 amide bonds. The Kier molecular flexibility index (Phi) is 5.06. The number of hydrogen-bond acceptors (Lipinski definition) is 2. The quantitative estimate of drug-likeness (QED) is 0.768. The summed E-state index contributed by atoms with van der Waals surface area (Å²) >= 11 is 4.25. The highest BCUT2D eigenvalue weighted by Gasteiger charge is 2.26. The van der Waals surface area contributed by atoms with Gasteiger partial charge in [0.1, 0.15) is 0 Å². The van der Waals surface area contributed by atoms with E-state index in [0.717, 1.165) is 24.2 Å². The third kappa shape index (κ3) is 3.50. The van der Waals surface area contributed by atoms with Gasteiger partial charge in [0.25, 0.3) is 5.91 Å². The number of benzene rings is 1. The highest BCUT2D eigenvalue weighted by atomic mass is 32.1. The van der Waals surface area contributed by atoms with E-state index < -0.39 is 0 Å². The zero-order valence-electron chi connectivity index (χ0n) is 10.8. The Morgan fingerprint density at radius 3 is 2.29 bits per heavy atom. The van der Waals surface area contributed by atoms with Gasteiger partial charge in [-0.15, -0.1) is 12.6 Å². The minimum atomic E-state index is -0.0797. The van der Waals surface area contributed by atoms with Gasteiger partial charge in [-0.2, -0.15) is 0 Å². The normalized spacial score (nSPS) is 11.3. The molecule has 1 aromatic rings. The van der Waals surface area contributed by atoms with Crippen molar-refractivity contribution in [1.29, 1.82) is 0 Å². The zero-order valence-corrected chi connectivity index (χ0v) is 11.7. The minimum Gasteiger partial charge on any atom is -0.347 e. The molecule has 0 aliphatic carbocycles.